The van der Waals surface area contributed by atoms with E-state index in [0.717, 1.165) is 133 Å². The third-order valence-corrected chi connectivity index (χ3v) is 32.2. The molecule has 0 bridgehead atoms. The molecule has 0 aliphatic heterocycles. The van der Waals surface area contributed by atoms with E-state index in [1.54, 1.807) is 34.8 Å². The lowest BCUT2D eigenvalue weighted by atomic mass is 10.0. The molecule has 0 aliphatic carbocycles. The van der Waals surface area contributed by atoms with Crippen molar-refractivity contribution in [2.75, 3.05) is 0 Å². The number of rotatable bonds is 13. The van der Waals surface area contributed by atoms with Gasteiger partial charge in [0.15, 0.2) is 17.5 Å². The van der Waals surface area contributed by atoms with Gasteiger partial charge in [-0.3, -0.25) is 10.1 Å². The second-order valence-electron chi connectivity index (χ2n) is 35.8. The van der Waals surface area contributed by atoms with Crippen molar-refractivity contribution >= 4 is 197 Å². The number of fused-ring (bicyclic) bond motifs is 21. The topological polar surface area (TPSA) is 159 Å². The van der Waals surface area contributed by atoms with Crippen LogP contribution in [0.5, 0.6) is 0 Å². The molecule has 29 aromatic rings. The maximum atomic E-state index is 11.7. The molecule has 0 saturated heterocycles. The predicted molar refractivity (Wildman–Crippen MR) is 601 cm³/mol. The molecule has 0 unspecified atom stereocenters. The van der Waals surface area contributed by atoms with Crippen LogP contribution in [0.15, 0.2) is 455 Å². The standard InChI is InChI=1S/C46H27N3S2.C41H24N4S.C40H24N4O2S/c1-2-13-28(14-3-1)38-27-39(35-20-12-19-34-32-17-6-10-23-42(32)50-44(34)35)48-46(47-38)37-26-29(25-36-33-18-7-11-24-43(33)51-45(36)37)49-40-21-8-4-15-30(40)31-16-5-9-22-41(31)49;42-25-26-11-10-14-28(21-26)36-24-35(27-12-2-1-3-13-27)43-41(44-36)34-23-29(22-33-32-17-6-9-20-39(32)46-40(33)34)45-37-18-7-4-15-30(37)31-16-5-8-19-38(31)45;45-44(46)27-14-10-13-26(21-27)35-24-34(25-11-2-1-3-12-25)41-40(42-35)33-23-28(22-32-31-17-6-9-20-38(31)47-39(32)33)43-36-18-7-4-15-29(36)30-16-5-8-19-37(30)43/h1-27H;1-24H;1-24H. The molecule has 0 spiro atoms. The first-order valence-electron chi connectivity index (χ1n) is 47.5. The highest BCUT2D eigenvalue weighted by Gasteiger charge is 2.27. The maximum absolute atomic E-state index is 11.7. The largest absolute Gasteiger partial charge is 0.309 e. The first-order valence-corrected chi connectivity index (χ1v) is 50.7. The van der Waals surface area contributed by atoms with Gasteiger partial charge in [-0.15, -0.1) is 45.3 Å². The van der Waals surface area contributed by atoms with Gasteiger partial charge in [-0.25, -0.2) is 29.9 Å². The van der Waals surface area contributed by atoms with E-state index in [-0.39, 0.29) is 10.6 Å². The number of nitriles is 1. The fourth-order valence-corrected chi connectivity index (χ4v) is 25.6. The molecular formula is C127H75N11O2S4. The van der Waals surface area contributed by atoms with Crippen LogP contribution in [0.4, 0.5) is 5.69 Å². The third-order valence-electron chi connectivity index (χ3n) is 27.3. The van der Waals surface area contributed by atoms with Gasteiger partial charge in [0.2, 0.25) is 0 Å². The monoisotopic (exact) mass is 1910 g/mol. The minimum absolute atomic E-state index is 0.0178. The Morgan fingerprint density at radius 1 is 0.222 bits per heavy atom. The number of para-hydroxylation sites is 6. The zero-order valence-corrected chi connectivity index (χ0v) is 79.9. The van der Waals surface area contributed by atoms with Crippen LogP contribution in [0.3, 0.4) is 0 Å². The Morgan fingerprint density at radius 3 is 0.819 bits per heavy atom. The van der Waals surface area contributed by atoms with Gasteiger partial charge in [0.05, 0.1) is 83.8 Å². The molecule has 29 rings (SSSR count). The molecule has 10 heterocycles. The highest BCUT2D eigenvalue weighted by atomic mass is 32.1. The van der Waals surface area contributed by atoms with Crippen molar-refractivity contribution in [1.29, 1.82) is 5.26 Å². The molecule has 19 aromatic carbocycles. The number of nitro benzene ring substituents is 1. The van der Waals surface area contributed by atoms with E-state index in [1.807, 2.05) is 114 Å². The van der Waals surface area contributed by atoms with Gasteiger partial charge in [0, 0.05) is 192 Å². The Bertz CT molecular complexity index is 10200. The number of non-ortho nitro benzene ring substituents is 1. The van der Waals surface area contributed by atoms with Crippen LogP contribution in [0, 0.1) is 21.4 Å². The predicted octanol–water partition coefficient (Wildman–Crippen LogP) is 35.0. The molecule has 0 N–H and O–H groups in total. The maximum Gasteiger partial charge on any atom is 0.270 e. The average Bonchev–Trinajstić information content (AvgIpc) is 1.58. The molecule has 144 heavy (non-hydrogen) atoms. The molecule has 0 fully saturated rings. The summed E-state index contributed by atoms with van der Waals surface area (Å²) in [7, 11) is 0. The third kappa shape index (κ3) is 14.7. The van der Waals surface area contributed by atoms with Crippen molar-refractivity contribution in [3.8, 4) is 125 Å². The van der Waals surface area contributed by atoms with Crippen LogP contribution >= 0.6 is 45.3 Å². The van der Waals surface area contributed by atoms with Crippen LogP contribution in [0.25, 0.3) is 265 Å². The first-order chi connectivity index (χ1) is 71.1. The smallest absolute Gasteiger partial charge is 0.270 e. The van der Waals surface area contributed by atoms with E-state index in [2.05, 4.69) is 366 Å². The van der Waals surface area contributed by atoms with Gasteiger partial charge in [0.25, 0.3) is 5.69 Å². The Kier molecular flexibility index (Phi) is 20.7. The van der Waals surface area contributed by atoms with Crippen molar-refractivity contribution < 1.29 is 4.92 Å². The molecule has 0 radical (unpaired) electrons. The summed E-state index contributed by atoms with van der Waals surface area (Å²) < 4.78 is 16.7. The number of aromatic nitrogens is 9. The summed E-state index contributed by atoms with van der Waals surface area (Å²) in [6, 6.07) is 160. The number of nitro groups is 1. The molecule has 13 nitrogen and oxygen atoms in total. The zero-order chi connectivity index (χ0) is 95.6. The molecule has 0 saturated carbocycles. The highest BCUT2D eigenvalue weighted by Crippen LogP contribution is 2.50. The molecule has 0 amide bonds. The highest BCUT2D eigenvalue weighted by molar-refractivity contribution is 7.27. The summed E-state index contributed by atoms with van der Waals surface area (Å²) in [5.41, 5.74) is 24.1. The lowest BCUT2D eigenvalue weighted by Crippen LogP contribution is -1.99. The van der Waals surface area contributed by atoms with Gasteiger partial charge >= 0.3 is 0 Å². The molecule has 0 aliphatic rings. The Balaban J connectivity index is 0.000000108. The van der Waals surface area contributed by atoms with Gasteiger partial charge in [-0.2, -0.15) is 5.26 Å². The minimum atomic E-state index is -0.375. The number of hydrogen-bond acceptors (Lipinski definition) is 13. The second kappa shape index (κ2) is 35.2. The normalized spacial score (nSPS) is 11.7. The number of hydrogen-bond donors (Lipinski definition) is 0. The van der Waals surface area contributed by atoms with Crippen LogP contribution < -0.4 is 0 Å². The Hall–Kier alpha value is -18.4. The summed E-state index contributed by atoms with van der Waals surface area (Å²) >= 11 is 7.15. The summed E-state index contributed by atoms with van der Waals surface area (Å²) in [5, 5.41) is 38.4. The quantitative estimate of drug-likeness (QED) is 0.0809. The van der Waals surface area contributed by atoms with Gasteiger partial charge in [-0.1, -0.05) is 315 Å². The molecule has 10 aromatic heterocycles. The van der Waals surface area contributed by atoms with Gasteiger partial charge in [0.1, 0.15) is 0 Å². The molecule has 0 atom stereocenters. The van der Waals surface area contributed by atoms with E-state index in [0.29, 0.717) is 28.5 Å². The molecule has 674 valence electrons. The lowest BCUT2D eigenvalue weighted by molar-refractivity contribution is -0.384. The van der Waals surface area contributed by atoms with Crippen molar-refractivity contribution in [1.82, 2.24) is 43.6 Å². The van der Waals surface area contributed by atoms with Gasteiger partial charge in [-0.05, 0) is 127 Å². The average molecular weight is 1920 g/mol. The summed E-state index contributed by atoms with van der Waals surface area (Å²) in [6.07, 6.45) is 0. The fraction of sp³-hybridized carbons (Fsp3) is 0. The van der Waals surface area contributed by atoms with E-state index < -0.39 is 0 Å². The minimum Gasteiger partial charge on any atom is -0.309 e. The summed E-state index contributed by atoms with van der Waals surface area (Å²) in [5.74, 6) is 1.94. The van der Waals surface area contributed by atoms with Crippen molar-refractivity contribution in [3.05, 3.63) is 471 Å². The number of thiophene rings is 4. The summed E-state index contributed by atoms with van der Waals surface area (Å²) in [6.45, 7) is 0. The second-order valence-corrected chi connectivity index (χ2v) is 40.0. The van der Waals surface area contributed by atoms with Crippen molar-refractivity contribution in [2.45, 2.75) is 0 Å². The van der Waals surface area contributed by atoms with Crippen molar-refractivity contribution in [3.63, 3.8) is 0 Å². The lowest BCUT2D eigenvalue weighted by Gasteiger charge is -2.14. The van der Waals surface area contributed by atoms with Gasteiger partial charge < -0.3 is 13.7 Å². The van der Waals surface area contributed by atoms with E-state index >= 15 is 0 Å². The SMILES string of the molecule is N#Cc1cccc(-c2cc(-c3ccccc3)nc(-c3cc(-n4c5ccccc5c5ccccc54)cc4c3sc3ccccc34)n2)c1.O=[N+]([O-])c1cccc(-c2cc(-c3ccccc3)nc(-c3cc(-n4c5ccccc5c5ccccc54)cc4c3sc3ccccc34)n2)c1.c1ccc(-c2cc(-c3cccc4c3sc3ccccc34)nc(-c3cc(-n4c5ccccc5c5ccccc54)cc4c3sc3ccccc34)n2)cc1. The van der Waals surface area contributed by atoms with Crippen LogP contribution in [-0.2, 0) is 0 Å². The van der Waals surface area contributed by atoms with Crippen LogP contribution in [0.2, 0.25) is 0 Å². The fourth-order valence-electron chi connectivity index (χ4n) is 20.8. The van der Waals surface area contributed by atoms with Crippen LogP contribution in [-0.4, -0.2) is 48.5 Å². The van der Waals surface area contributed by atoms with E-state index in [1.165, 1.54) is 115 Å². The Labute approximate surface area is 839 Å². The first kappa shape index (κ1) is 84.8. The molecule has 17 heteroatoms. The van der Waals surface area contributed by atoms with Crippen LogP contribution in [0.1, 0.15) is 5.56 Å². The number of nitrogens with zero attached hydrogens (tertiary/aromatic N) is 11. The van der Waals surface area contributed by atoms with Crippen molar-refractivity contribution in [2.24, 2.45) is 0 Å². The summed E-state index contributed by atoms with van der Waals surface area (Å²) in [4.78, 5) is 42.9. The van der Waals surface area contributed by atoms with E-state index in [9.17, 15) is 15.4 Å². The molecular weight excluding hydrogens is 1840 g/mol. The Morgan fingerprint density at radius 2 is 0.479 bits per heavy atom. The zero-order valence-electron chi connectivity index (χ0n) is 76.7. The van der Waals surface area contributed by atoms with E-state index in [4.69, 9.17) is 29.9 Å². The number of benzene rings is 19.